The molecule has 0 aliphatic heterocycles. The van der Waals surface area contributed by atoms with Crippen LogP contribution in [0.3, 0.4) is 0 Å². The number of hydrogen-bond acceptors (Lipinski definition) is 3. The van der Waals surface area contributed by atoms with E-state index >= 15 is 0 Å². The van der Waals surface area contributed by atoms with E-state index in [0.29, 0.717) is 0 Å². The molecule has 6 aromatic rings. The highest BCUT2D eigenvalue weighted by Gasteiger charge is 2.18. The standard InChI is InChI=1S/C21H14N6/c1-6-24-18-12(1)2-7-26-21(18)20-14(11-17-16(27-20)5-9-23-17)19-13-3-8-22-15(13)4-10-25-19/h1-11,22-24H. The van der Waals surface area contributed by atoms with Gasteiger partial charge in [-0.15, -0.1) is 0 Å². The Balaban J connectivity index is 1.75. The Morgan fingerprint density at radius 1 is 0.667 bits per heavy atom. The van der Waals surface area contributed by atoms with Gasteiger partial charge in [0.25, 0.3) is 0 Å². The van der Waals surface area contributed by atoms with Gasteiger partial charge in [0, 0.05) is 52.8 Å². The fourth-order valence-electron chi connectivity index (χ4n) is 3.70. The maximum Gasteiger partial charge on any atom is 0.113 e. The van der Waals surface area contributed by atoms with E-state index in [0.717, 1.165) is 55.5 Å². The van der Waals surface area contributed by atoms with Gasteiger partial charge in [-0.3, -0.25) is 9.97 Å². The van der Waals surface area contributed by atoms with E-state index in [1.165, 1.54) is 0 Å². The van der Waals surface area contributed by atoms with Crippen molar-refractivity contribution in [3.05, 3.63) is 67.4 Å². The summed E-state index contributed by atoms with van der Waals surface area (Å²) in [5.74, 6) is 0. The molecule has 6 rings (SSSR count). The van der Waals surface area contributed by atoms with Crippen LogP contribution >= 0.6 is 0 Å². The van der Waals surface area contributed by atoms with Crippen molar-refractivity contribution in [2.24, 2.45) is 0 Å². The van der Waals surface area contributed by atoms with Crippen molar-refractivity contribution in [2.45, 2.75) is 0 Å². The fraction of sp³-hybridized carbons (Fsp3) is 0. The van der Waals surface area contributed by atoms with Crippen LogP contribution in [-0.2, 0) is 0 Å². The highest BCUT2D eigenvalue weighted by Crippen LogP contribution is 2.36. The van der Waals surface area contributed by atoms with Crippen molar-refractivity contribution in [3.8, 4) is 22.6 Å². The Kier molecular flexibility index (Phi) is 2.79. The first-order valence-electron chi connectivity index (χ1n) is 8.71. The Labute approximate surface area is 153 Å². The van der Waals surface area contributed by atoms with E-state index in [1.807, 2.05) is 61.3 Å². The molecule has 6 heteroatoms. The lowest BCUT2D eigenvalue weighted by Gasteiger charge is -2.10. The number of pyridine rings is 3. The van der Waals surface area contributed by atoms with Crippen LogP contribution in [0.5, 0.6) is 0 Å². The highest BCUT2D eigenvalue weighted by molar-refractivity contribution is 6.02. The minimum absolute atomic E-state index is 0.816. The highest BCUT2D eigenvalue weighted by atomic mass is 14.8. The third-order valence-corrected chi connectivity index (χ3v) is 4.96. The molecule has 0 fully saturated rings. The summed E-state index contributed by atoms with van der Waals surface area (Å²) in [4.78, 5) is 24.1. The molecule has 128 valence electrons. The van der Waals surface area contributed by atoms with Crippen LogP contribution in [0.1, 0.15) is 0 Å². The number of aromatic nitrogens is 6. The van der Waals surface area contributed by atoms with Crippen LogP contribution in [0.4, 0.5) is 0 Å². The van der Waals surface area contributed by atoms with E-state index < -0.39 is 0 Å². The van der Waals surface area contributed by atoms with Crippen LogP contribution in [0.15, 0.2) is 67.4 Å². The SMILES string of the molecule is c1cc2[nH]ccc2c(-c2cc3[nH]ccc3nc2-c2nccc3cc[nH]c23)n1. The minimum Gasteiger partial charge on any atom is -0.361 e. The van der Waals surface area contributed by atoms with Crippen LogP contribution in [0.25, 0.3) is 55.5 Å². The molecule has 6 nitrogen and oxygen atoms in total. The van der Waals surface area contributed by atoms with Gasteiger partial charge >= 0.3 is 0 Å². The van der Waals surface area contributed by atoms with E-state index in [9.17, 15) is 0 Å². The summed E-state index contributed by atoms with van der Waals surface area (Å²) in [7, 11) is 0. The Hall–Kier alpha value is -3.93. The summed E-state index contributed by atoms with van der Waals surface area (Å²) in [5, 5.41) is 2.17. The second-order valence-corrected chi connectivity index (χ2v) is 6.49. The lowest BCUT2D eigenvalue weighted by Crippen LogP contribution is -1.95. The van der Waals surface area contributed by atoms with Crippen molar-refractivity contribution >= 4 is 32.8 Å². The van der Waals surface area contributed by atoms with Crippen LogP contribution < -0.4 is 0 Å². The lowest BCUT2D eigenvalue weighted by molar-refractivity contribution is 1.27. The first-order valence-corrected chi connectivity index (χ1v) is 8.71. The molecule has 6 aromatic heterocycles. The van der Waals surface area contributed by atoms with Gasteiger partial charge in [0.15, 0.2) is 0 Å². The molecule has 0 spiro atoms. The number of H-pyrrole nitrogens is 3. The van der Waals surface area contributed by atoms with Gasteiger partial charge in [-0.2, -0.15) is 0 Å². The smallest absolute Gasteiger partial charge is 0.113 e. The average molecular weight is 350 g/mol. The summed E-state index contributed by atoms with van der Waals surface area (Å²) in [6.07, 6.45) is 9.40. The normalized spacial score (nSPS) is 11.7. The zero-order valence-electron chi connectivity index (χ0n) is 14.2. The van der Waals surface area contributed by atoms with Crippen molar-refractivity contribution in [3.63, 3.8) is 0 Å². The molecule has 0 bridgehead atoms. The van der Waals surface area contributed by atoms with Crippen LogP contribution in [-0.4, -0.2) is 29.9 Å². The van der Waals surface area contributed by atoms with Gasteiger partial charge in [0.2, 0.25) is 0 Å². The summed E-state index contributed by atoms with van der Waals surface area (Å²) < 4.78 is 0. The van der Waals surface area contributed by atoms with Crippen molar-refractivity contribution in [1.82, 2.24) is 29.9 Å². The molecule has 0 amide bonds. The maximum atomic E-state index is 4.94. The molecule has 0 aliphatic rings. The summed E-state index contributed by atoms with van der Waals surface area (Å²) in [6, 6.07) is 12.1. The monoisotopic (exact) mass is 350 g/mol. The van der Waals surface area contributed by atoms with E-state index in [1.54, 1.807) is 0 Å². The molecule has 27 heavy (non-hydrogen) atoms. The third-order valence-electron chi connectivity index (χ3n) is 4.96. The Morgan fingerprint density at radius 2 is 1.48 bits per heavy atom. The largest absolute Gasteiger partial charge is 0.361 e. The zero-order chi connectivity index (χ0) is 17.8. The van der Waals surface area contributed by atoms with Gasteiger partial charge in [-0.25, -0.2) is 4.98 Å². The van der Waals surface area contributed by atoms with E-state index in [4.69, 9.17) is 4.98 Å². The first kappa shape index (κ1) is 14.3. The summed E-state index contributed by atoms with van der Waals surface area (Å²) >= 11 is 0. The van der Waals surface area contributed by atoms with Gasteiger partial charge in [0.05, 0.1) is 22.2 Å². The molecule has 0 atom stereocenters. The molecule has 0 saturated carbocycles. The summed E-state index contributed by atoms with van der Waals surface area (Å²) in [6.45, 7) is 0. The van der Waals surface area contributed by atoms with E-state index in [-0.39, 0.29) is 0 Å². The Morgan fingerprint density at radius 3 is 2.48 bits per heavy atom. The lowest BCUT2D eigenvalue weighted by atomic mass is 10.0. The molecule has 0 aromatic carbocycles. The predicted octanol–water partition coefficient (Wildman–Crippen LogP) is 4.65. The maximum absolute atomic E-state index is 4.94. The van der Waals surface area contributed by atoms with Crippen molar-refractivity contribution in [2.75, 3.05) is 0 Å². The second kappa shape index (κ2) is 5.28. The fourth-order valence-corrected chi connectivity index (χ4v) is 3.70. The number of nitrogens with one attached hydrogen (secondary N) is 3. The van der Waals surface area contributed by atoms with Crippen LogP contribution in [0.2, 0.25) is 0 Å². The molecule has 3 N–H and O–H groups in total. The molecule has 6 heterocycles. The topological polar surface area (TPSA) is 86.0 Å². The second-order valence-electron chi connectivity index (χ2n) is 6.49. The first-order chi connectivity index (χ1) is 13.4. The molecule has 0 aliphatic carbocycles. The number of rotatable bonds is 2. The predicted molar refractivity (Wildman–Crippen MR) is 106 cm³/mol. The number of nitrogens with zero attached hydrogens (tertiary/aromatic N) is 3. The molecule has 0 unspecified atom stereocenters. The number of fused-ring (bicyclic) bond motifs is 3. The van der Waals surface area contributed by atoms with Crippen molar-refractivity contribution < 1.29 is 0 Å². The molecule has 0 radical (unpaired) electrons. The number of aromatic amines is 3. The van der Waals surface area contributed by atoms with Crippen LogP contribution in [0, 0.1) is 0 Å². The average Bonchev–Trinajstić information content (AvgIpc) is 3.45. The third kappa shape index (κ3) is 2.04. The minimum atomic E-state index is 0.816. The van der Waals surface area contributed by atoms with Gasteiger partial charge in [-0.1, -0.05) is 0 Å². The van der Waals surface area contributed by atoms with Gasteiger partial charge < -0.3 is 15.0 Å². The van der Waals surface area contributed by atoms with Crippen molar-refractivity contribution in [1.29, 1.82) is 0 Å². The molecular formula is C21H14N6. The van der Waals surface area contributed by atoms with E-state index in [2.05, 4.69) is 31.0 Å². The molecular weight excluding hydrogens is 336 g/mol. The summed E-state index contributed by atoms with van der Waals surface area (Å²) in [5.41, 5.74) is 7.37. The van der Waals surface area contributed by atoms with Gasteiger partial charge in [0.1, 0.15) is 11.4 Å². The van der Waals surface area contributed by atoms with Gasteiger partial charge in [-0.05, 0) is 36.4 Å². The quantitative estimate of drug-likeness (QED) is 0.425. The zero-order valence-corrected chi connectivity index (χ0v) is 14.2. The Bertz CT molecular complexity index is 1330. The molecule has 0 saturated heterocycles. The number of hydrogen-bond donors (Lipinski definition) is 3.